The van der Waals surface area contributed by atoms with E-state index in [4.69, 9.17) is 22.3 Å². The molecule has 174 valence electrons. The van der Waals surface area contributed by atoms with Gasteiger partial charge in [0, 0.05) is 27.2 Å². The van der Waals surface area contributed by atoms with Gasteiger partial charge in [0.15, 0.2) is 5.88 Å². The fourth-order valence-electron chi connectivity index (χ4n) is 3.63. The molecular formula is C26H25ClN4O3. The Labute approximate surface area is 202 Å². The summed E-state index contributed by atoms with van der Waals surface area (Å²) in [7, 11) is 1.30. The molecule has 1 amide bonds. The van der Waals surface area contributed by atoms with Crippen LogP contribution in [0.15, 0.2) is 71.7 Å². The number of aromatic nitrogens is 1. The molecule has 5 N–H and O–H groups in total. The molecule has 0 fully saturated rings. The fourth-order valence-corrected chi connectivity index (χ4v) is 3.81. The van der Waals surface area contributed by atoms with Gasteiger partial charge in [0.05, 0.1) is 29.6 Å². The monoisotopic (exact) mass is 476 g/mol. The normalized spacial score (nSPS) is 12.1. The Kier molecular flexibility index (Phi) is 6.32. The highest BCUT2D eigenvalue weighted by atomic mass is 35.5. The van der Waals surface area contributed by atoms with Crippen molar-refractivity contribution >= 4 is 45.7 Å². The molecule has 34 heavy (non-hydrogen) atoms. The molecule has 0 unspecified atom stereocenters. The van der Waals surface area contributed by atoms with E-state index in [9.17, 15) is 9.90 Å². The molecular weight excluding hydrogens is 452 g/mol. The Balaban J connectivity index is 1.85. The number of hydrogen-bond donors (Lipinski definition) is 4. The van der Waals surface area contributed by atoms with Crippen LogP contribution in [-0.4, -0.2) is 29.0 Å². The van der Waals surface area contributed by atoms with Gasteiger partial charge in [-0.2, -0.15) is 0 Å². The molecule has 0 aliphatic carbocycles. The molecule has 0 spiro atoms. The summed E-state index contributed by atoms with van der Waals surface area (Å²) in [5.41, 5.74) is 10.5. The number of nitrogens with zero attached hydrogens (tertiary/aromatic N) is 1. The Morgan fingerprint density at radius 3 is 2.38 bits per heavy atom. The van der Waals surface area contributed by atoms with Gasteiger partial charge in [0.2, 0.25) is 0 Å². The molecule has 0 aliphatic rings. The second-order valence-corrected chi connectivity index (χ2v) is 8.90. The zero-order chi connectivity index (χ0) is 24.5. The summed E-state index contributed by atoms with van der Waals surface area (Å²) >= 11 is 6.14. The maximum Gasteiger partial charge on any atom is 0.411 e. The summed E-state index contributed by atoms with van der Waals surface area (Å²) in [6, 6.07) is 20.1. The van der Waals surface area contributed by atoms with E-state index in [0.717, 1.165) is 16.5 Å². The molecule has 7 nitrogen and oxygen atoms in total. The van der Waals surface area contributed by atoms with Crippen molar-refractivity contribution in [3.05, 3.63) is 88.4 Å². The summed E-state index contributed by atoms with van der Waals surface area (Å²) < 4.78 is 4.65. The van der Waals surface area contributed by atoms with Crippen LogP contribution in [0.3, 0.4) is 0 Å². The maximum atomic E-state index is 11.5. The molecule has 4 aromatic rings. The number of nitrogens with one attached hydrogen (secondary N) is 2. The maximum absolute atomic E-state index is 11.5. The molecule has 1 aromatic heterocycles. The lowest BCUT2D eigenvalue weighted by Crippen LogP contribution is -2.28. The summed E-state index contributed by atoms with van der Waals surface area (Å²) in [6.45, 7) is 3.88. The van der Waals surface area contributed by atoms with Crippen molar-refractivity contribution in [3.8, 4) is 5.88 Å². The Morgan fingerprint density at radius 1 is 1.09 bits per heavy atom. The number of carbonyl (C=O) groups excluding carboxylic acids is 1. The highest BCUT2D eigenvalue weighted by Crippen LogP contribution is 2.33. The number of methoxy groups -OCH3 is 1. The molecule has 0 radical (unpaired) electrons. The Bertz CT molecular complexity index is 1370. The Morgan fingerprint density at radius 2 is 1.76 bits per heavy atom. The van der Waals surface area contributed by atoms with Gasteiger partial charge in [-0.25, -0.2) is 9.79 Å². The first-order valence-corrected chi connectivity index (χ1v) is 11.0. The van der Waals surface area contributed by atoms with Gasteiger partial charge < -0.3 is 20.6 Å². The Hall–Kier alpha value is -3.81. The van der Waals surface area contributed by atoms with Gasteiger partial charge >= 0.3 is 6.09 Å². The third-order valence-electron chi connectivity index (χ3n) is 5.42. The minimum absolute atomic E-state index is 0.0208. The average Bonchev–Trinajstić information content (AvgIpc) is 3.12. The molecule has 0 aliphatic heterocycles. The fraction of sp³-hybridized carbons (Fsp3) is 0.154. The quantitative estimate of drug-likeness (QED) is 0.262. The number of rotatable bonds is 5. The van der Waals surface area contributed by atoms with E-state index in [2.05, 4.69) is 15.0 Å². The first-order chi connectivity index (χ1) is 16.2. The number of ether oxygens (including phenoxy) is 1. The highest BCUT2D eigenvalue weighted by Gasteiger charge is 2.20. The van der Waals surface area contributed by atoms with Crippen LogP contribution in [0.5, 0.6) is 5.88 Å². The second kappa shape index (κ2) is 9.21. The van der Waals surface area contributed by atoms with Crippen molar-refractivity contribution in [2.45, 2.75) is 19.4 Å². The number of halogens is 1. The summed E-state index contributed by atoms with van der Waals surface area (Å²) in [4.78, 5) is 19.4. The number of aliphatic imine (C=N–C) groups is 1. The number of aromatic amines is 1. The minimum atomic E-state index is -0.560. The van der Waals surface area contributed by atoms with E-state index in [1.807, 2.05) is 56.3 Å². The topological polar surface area (TPSA) is 113 Å². The molecule has 0 atom stereocenters. The standard InChI is InChI=1S/C26H25ClN4O3/c1-26(2,28)16-6-11-18(12-7-16)29-23(15-4-9-19(10-5-15)30-25(33)34-3)22-20-13-8-17(27)14-21(20)31-24(22)32/h4-14,31-32H,28H2,1-3H3,(H,30,33). The van der Waals surface area contributed by atoms with E-state index >= 15 is 0 Å². The molecule has 0 saturated heterocycles. The van der Waals surface area contributed by atoms with Gasteiger partial charge in [-0.1, -0.05) is 41.9 Å². The van der Waals surface area contributed by atoms with Gasteiger partial charge in [0.25, 0.3) is 0 Å². The van der Waals surface area contributed by atoms with E-state index in [1.165, 1.54) is 7.11 Å². The van der Waals surface area contributed by atoms with Crippen LogP contribution >= 0.6 is 11.6 Å². The van der Waals surface area contributed by atoms with Crippen molar-refractivity contribution in [1.82, 2.24) is 4.98 Å². The van der Waals surface area contributed by atoms with Crippen molar-refractivity contribution in [3.63, 3.8) is 0 Å². The number of amides is 1. The minimum Gasteiger partial charge on any atom is -0.494 e. The molecule has 4 rings (SSSR count). The number of anilines is 1. The van der Waals surface area contributed by atoms with Crippen LogP contribution in [0.1, 0.15) is 30.5 Å². The summed E-state index contributed by atoms with van der Waals surface area (Å²) in [5.74, 6) is -0.0208. The summed E-state index contributed by atoms with van der Waals surface area (Å²) in [5, 5.41) is 14.8. The van der Waals surface area contributed by atoms with Crippen LogP contribution < -0.4 is 11.1 Å². The lowest BCUT2D eigenvalue weighted by Gasteiger charge is -2.19. The third-order valence-corrected chi connectivity index (χ3v) is 5.66. The number of H-pyrrole nitrogens is 1. The van der Waals surface area contributed by atoms with E-state index in [-0.39, 0.29) is 5.88 Å². The van der Waals surface area contributed by atoms with Crippen LogP contribution in [-0.2, 0) is 10.3 Å². The predicted molar refractivity (Wildman–Crippen MR) is 136 cm³/mol. The van der Waals surface area contributed by atoms with E-state index < -0.39 is 11.6 Å². The average molecular weight is 477 g/mol. The van der Waals surface area contributed by atoms with Crippen molar-refractivity contribution in [2.24, 2.45) is 10.7 Å². The van der Waals surface area contributed by atoms with Crippen LogP contribution in [0.25, 0.3) is 10.9 Å². The first-order valence-electron chi connectivity index (χ1n) is 10.6. The van der Waals surface area contributed by atoms with Crippen LogP contribution in [0.4, 0.5) is 16.2 Å². The zero-order valence-electron chi connectivity index (χ0n) is 19.0. The third kappa shape index (κ3) is 4.90. The van der Waals surface area contributed by atoms with E-state index in [0.29, 0.717) is 33.2 Å². The van der Waals surface area contributed by atoms with E-state index in [1.54, 1.807) is 24.3 Å². The molecule has 0 bridgehead atoms. The van der Waals surface area contributed by atoms with Crippen molar-refractivity contribution in [1.29, 1.82) is 0 Å². The van der Waals surface area contributed by atoms with Gasteiger partial charge in [-0.3, -0.25) is 5.32 Å². The first kappa shape index (κ1) is 23.4. The number of benzene rings is 3. The second-order valence-electron chi connectivity index (χ2n) is 8.46. The highest BCUT2D eigenvalue weighted by molar-refractivity contribution is 6.31. The predicted octanol–water partition coefficient (Wildman–Crippen LogP) is 6.07. The number of nitrogens with two attached hydrogens (primary N) is 1. The number of fused-ring (bicyclic) bond motifs is 1. The van der Waals surface area contributed by atoms with Crippen LogP contribution in [0, 0.1) is 0 Å². The number of carbonyl (C=O) groups is 1. The zero-order valence-corrected chi connectivity index (χ0v) is 19.8. The number of aromatic hydroxyl groups is 1. The molecule has 0 saturated carbocycles. The van der Waals surface area contributed by atoms with Crippen LogP contribution in [0.2, 0.25) is 5.02 Å². The lowest BCUT2D eigenvalue weighted by molar-refractivity contribution is 0.187. The smallest absolute Gasteiger partial charge is 0.411 e. The molecule has 1 heterocycles. The lowest BCUT2D eigenvalue weighted by atomic mass is 9.95. The largest absolute Gasteiger partial charge is 0.494 e. The SMILES string of the molecule is COC(=O)Nc1ccc(C(=Nc2ccc(C(C)(C)N)cc2)c2c(O)[nH]c3cc(Cl)ccc23)cc1. The van der Waals surface area contributed by atoms with Gasteiger partial charge in [-0.15, -0.1) is 0 Å². The molecule has 3 aromatic carbocycles. The van der Waals surface area contributed by atoms with Crippen molar-refractivity contribution < 1.29 is 14.6 Å². The summed E-state index contributed by atoms with van der Waals surface area (Å²) in [6.07, 6.45) is -0.560. The molecule has 8 heteroatoms. The van der Waals surface area contributed by atoms with Gasteiger partial charge in [0.1, 0.15) is 0 Å². The van der Waals surface area contributed by atoms with Gasteiger partial charge in [-0.05, 0) is 55.8 Å². The number of hydrogen-bond acceptors (Lipinski definition) is 5. The van der Waals surface area contributed by atoms with Crippen molar-refractivity contribution in [2.75, 3.05) is 12.4 Å².